The molecular weight excluding hydrogens is 367 g/mol. The number of anilines is 1. The fourth-order valence-corrected chi connectivity index (χ4v) is 3.30. The van der Waals surface area contributed by atoms with Crippen LogP contribution in [0.1, 0.15) is 0 Å². The van der Waals surface area contributed by atoms with Gasteiger partial charge in [0.15, 0.2) is 5.16 Å². The van der Waals surface area contributed by atoms with Gasteiger partial charge in [-0.25, -0.2) is 14.2 Å². The van der Waals surface area contributed by atoms with Gasteiger partial charge >= 0.3 is 6.03 Å². The second-order valence-corrected chi connectivity index (χ2v) is 6.50. The van der Waals surface area contributed by atoms with Crippen LogP contribution in [0.15, 0.2) is 66.3 Å². The van der Waals surface area contributed by atoms with Gasteiger partial charge in [-0.15, -0.1) is 6.58 Å². The molecule has 138 valence electrons. The number of carbonyl (C=O) groups is 2. The summed E-state index contributed by atoms with van der Waals surface area (Å²) in [4.78, 5) is 28.4. The van der Waals surface area contributed by atoms with Crippen molar-refractivity contribution in [1.29, 1.82) is 0 Å². The Bertz CT molecular complexity index is 1000. The van der Waals surface area contributed by atoms with Crippen LogP contribution < -0.4 is 10.6 Å². The quantitative estimate of drug-likeness (QED) is 0.501. The zero-order chi connectivity index (χ0) is 19.2. The molecule has 0 saturated carbocycles. The highest BCUT2D eigenvalue weighted by Crippen LogP contribution is 2.24. The number of amides is 3. The third-order valence-corrected chi connectivity index (χ3v) is 4.61. The maximum atomic E-state index is 13.5. The molecule has 1 heterocycles. The number of hydrogen-bond acceptors (Lipinski definition) is 4. The monoisotopic (exact) mass is 384 g/mol. The molecule has 0 fully saturated rings. The molecule has 3 aromatic rings. The molecule has 0 spiro atoms. The number of benzene rings is 2. The number of rotatable bonds is 6. The van der Waals surface area contributed by atoms with Crippen molar-refractivity contribution < 1.29 is 14.0 Å². The van der Waals surface area contributed by atoms with Crippen LogP contribution in [0.5, 0.6) is 0 Å². The number of allylic oxidation sites excluding steroid dienone is 1. The van der Waals surface area contributed by atoms with Crippen LogP contribution >= 0.6 is 11.8 Å². The van der Waals surface area contributed by atoms with Crippen molar-refractivity contribution in [3.8, 4) is 0 Å². The molecule has 2 N–H and O–H groups in total. The molecule has 0 aliphatic heterocycles. The average Bonchev–Trinajstić information content (AvgIpc) is 3.00. The molecular formula is C19H17FN4O2S. The Morgan fingerprint density at radius 2 is 1.93 bits per heavy atom. The van der Waals surface area contributed by atoms with Gasteiger partial charge in [0.2, 0.25) is 5.91 Å². The number of imidazole rings is 1. The summed E-state index contributed by atoms with van der Waals surface area (Å²) in [7, 11) is 0. The van der Waals surface area contributed by atoms with E-state index in [9.17, 15) is 14.0 Å². The first kappa shape index (κ1) is 18.7. The van der Waals surface area contributed by atoms with Crippen LogP contribution in [0.3, 0.4) is 0 Å². The number of urea groups is 1. The van der Waals surface area contributed by atoms with Crippen LogP contribution in [0.25, 0.3) is 11.0 Å². The topological polar surface area (TPSA) is 76.0 Å². The highest BCUT2D eigenvalue weighted by molar-refractivity contribution is 7.99. The zero-order valence-corrected chi connectivity index (χ0v) is 15.1. The van der Waals surface area contributed by atoms with Crippen molar-refractivity contribution in [2.75, 3.05) is 11.1 Å². The minimum absolute atomic E-state index is 0.00299. The molecule has 27 heavy (non-hydrogen) atoms. The Kier molecular flexibility index (Phi) is 5.87. The molecule has 0 radical (unpaired) electrons. The zero-order valence-electron chi connectivity index (χ0n) is 14.3. The smallest absolute Gasteiger partial charge is 0.315 e. The second-order valence-electron chi connectivity index (χ2n) is 5.55. The number of halogens is 1. The van der Waals surface area contributed by atoms with E-state index < -0.39 is 17.8 Å². The standard InChI is InChI=1S/C19H17FN4O2S/c1-2-11-24-16-10-6-5-9-15(16)22-19(24)27-12-17(25)23-18(26)21-14-8-4-3-7-13(14)20/h2-10H,1,11-12H2,(H2,21,23,25,26). The van der Waals surface area contributed by atoms with Gasteiger partial charge in [-0.3, -0.25) is 10.1 Å². The Balaban J connectivity index is 1.61. The minimum atomic E-state index is -0.787. The average molecular weight is 384 g/mol. The highest BCUT2D eigenvalue weighted by Gasteiger charge is 2.14. The Morgan fingerprint density at radius 1 is 1.19 bits per heavy atom. The van der Waals surface area contributed by atoms with Gasteiger partial charge in [0.05, 0.1) is 22.5 Å². The minimum Gasteiger partial charge on any atom is -0.315 e. The maximum Gasteiger partial charge on any atom is 0.325 e. The van der Waals surface area contributed by atoms with Crippen molar-refractivity contribution in [2.45, 2.75) is 11.7 Å². The van der Waals surface area contributed by atoms with Crippen molar-refractivity contribution in [3.63, 3.8) is 0 Å². The second kappa shape index (κ2) is 8.50. The molecule has 0 aliphatic carbocycles. The number of nitrogens with zero attached hydrogens (tertiary/aromatic N) is 2. The van der Waals surface area contributed by atoms with Gasteiger partial charge in [-0.05, 0) is 24.3 Å². The molecule has 3 amide bonds. The van der Waals surface area contributed by atoms with Gasteiger partial charge < -0.3 is 9.88 Å². The Morgan fingerprint density at radius 3 is 2.70 bits per heavy atom. The Hall–Kier alpha value is -3.13. The fourth-order valence-electron chi connectivity index (χ4n) is 2.48. The number of para-hydroxylation sites is 3. The van der Waals surface area contributed by atoms with E-state index in [1.54, 1.807) is 12.1 Å². The number of nitrogens with one attached hydrogen (secondary N) is 2. The number of aromatic nitrogens is 2. The summed E-state index contributed by atoms with van der Waals surface area (Å²) in [5.74, 6) is -1.09. The molecule has 0 aliphatic rings. The normalized spacial score (nSPS) is 10.6. The Labute approximate surface area is 159 Å². The van der Waals surface area contributed by atoms with E-state index in [-0.39, 0.29) is 11.4 Å². The first-order chi connectivity index (χ1) is 13.1. The lowest BCUT2D eigenvalue weighted by molar-refractivity contribution is -0.117. The van der Waals surface area contributed by atoms with Crippen molar-refractivity contribution >= 4 is 40.4 Å². The van der Waals surface area contributed by atoms with E-state index in [4.69, 9.17) is 0 Å². The number of fused-ring (bicyclic) bond motifs is 1. The molecule has 0 unspecified atom stereocenters. The van der Waals surface area contributed by atoms with E-state index >= 15 is 0 Å². The van der Waals surface area contributed by atoms with E-state index in [2.05, 4.69) is 22.2 Å². The number of carbonyl (C=O) groups excluding carboxylic acids is 2. The number of hydrogen-bond donors (Lipinski definition) is 2. The molecule has 0 atom stereocenters. The molecule has 2 aromatic carbocycles. The molecule has 0 saturated heterocycles. The van der Waals surface area contributed by atoms with Gasteiger partial charge in [-0.1, -0.05) is 42.1 Å². The predicted octanol–water partition coefficient (Wildman–Crippen LogP) is 3.80. The van der Waals surface area contributed by atoms with E-state index in [1.807, 2.05) is 28.8 Å². The van der Waals surface area contributed by atoms with Crippen LogP contribution in [-0.4, -0.2) is 27.2 Å². The molecule has 0 bridgehead atoms. The van der Waals surface area contributed by atoms with Crippen LogP contribution in [0, 0.1) is 5.82 Å². The SMILES string of the molecule is C=CCn1c(SCC(=O)NC(=O)Nc2ccccc2F)nc2ccccc21. The predicted molar refractivity (Wildman–Crippen MR) is 104 cm³/mol. The van der Waals surface area contributed by atoms with Crippen LogP contribution in [0.2, 0.25) is 0 Å². The van der Waals surface area contributed by atoms with Gasteiger partial charge in [-0.2, -0.15) is 0 Å². The third kappa shape index (κ3) is 4.53. The number of thioether (sulfide) groups is 1. The maximum absolute atomic E-state index is 13.5. The van der Waals surface area contributed by atoms with Crippen LogP contribution in [0.4, 0.5) is 14.9 Å². The first-order valence-electron chi connectivity index (χ1n) is 8.13. The summed E-state index contributed by atoms with van der Waals surface area (Å²) in [5.41, 5.74) is 1.76. The van der Waals surface area contributed by atoms with Crippen molar-refractivity contribution in [1.82, 2.24) is 14.9 Å². The largest absolute Gasteiger partial charge is 0.325 e. The van der Waals surface area contributed by atoms with E-state index in [1.165, 1.54) is 30.0 Å². The molecule has 3 rings (SSSR count). The number of imide groups is 1. The van der Waals surface area contributed by atoms with Gasteiger partial charge in [0.25, 0.3) is 0 Å². The summed E-state index contributed by atoms with van der Waals surface area (Å²) in [5, 5.41) is 5.13. The first-order valence-corrected chi connectivity index (χ1v) is 9.11. The highest BCUT2D eigenvalue weighted by atomic mass is 32.2. The van der Waals surface area contributed by atoms with E-state index in [0.717, 1.165) is 11.0 Å². The summed E-state index contributed by atoms with van der Waals surface area (Å²) >= 11 is 1.21. The molecule has 6 nitrogen and oxygen atoms in total. The van der Waals surface area contributed by atoms with Gasteiger partial charge in [0, 0.05) is 6.54 Å². The van der Waals surface area contributed by atoms with Crippen LogP contribution in [-0.2, 0) is 11.3 Å². The lowest BCUT2D eigenvalue weighted by atomic mass is 10.3. The third-order valence-electron chi connectivity index (χ3n) is 3.64. The molecule has 8 heteroatoms. The summed E-state index contributed by atoms with van der Waals surface area (Å²) in [6.45, 7) is 4.30. The lowest BCUT2D eigenvalue weighted by Gasteiger charge is -2.08. The summed E-state index contributed by atoms with van der Waals surface area (Å²) < 4.78 is 15.5. The lowest BCUT2D eigenvalue weighted by Crippen LogP contribution is -2.35. The van der Waals surface area contributed by atoms with Crippen molar-refractivity contribution in [3.05, 3.63) is 67.0 Å². The summed E-state index contributed by atoms with van der Waals surface area (Å²) in [6.07, 6.45) is 1.75. The fraction of sp³-hybridized carbons (Fsp3) is 0.105. The molecule has 1 aromatic heterocycles. The van der Waals surface area contributed by atoms with Gasteiger partial charge in [0.1, 0.15) is 5.82 Å². The van der Waals surface area contributed by atoms with E-state index in [0.29, 0.717) is 11.7 Å². The van der Waals surface area contributed by atoms with Crippen molar-refractivity contribution in [2.24, 2.45) is 0 Å². The summed E-state index contributed by atoms with van der Waals surface area (Å²) in [6, 6.07) is 12.6.